The van der Waals surface area contributed by atoms with E-state index < -0.39 is 0 Å². The van der Waals surface area contributed by atoms with Gasteiger partial charge in [-0.3, -0.25) is 4.79 Å². The highest BCUT2D eigenvalue weighted by Crippen LogP contribution is 2.49. The van der Waals surface area contributed by atoms with Gasteiger partial charge >= 0.3 is 0 Å². The number of benzene rings is 2. The first kappa shape index (κ1) is 14.1. The predicted octanol–water partition coefficient (Wildman–Crippen LogP) is 3.02. The number of carbonyl (C=O) groups excluding carboxylic acids is 1. The Kier molecular flexibility index (Phi) is 3.50. The van der Waals surface area contributed by atoms with E-state index in [0.29, 0.717) is 39.9 Å². The number of anilines is 3. The first-order valence-corrected chi connectivity index (χ1v) is 6.70. The van der Waals surface area contributed by atoms with E-state index in [1.807, 2.05) is 18.2 Å². The van der Waals surface area contributed by atoms with Crippen molar-refractivity contribution in [2.45, 2.75) is 0 Å². The van der Waals surface area contributed by atoms with Gasteiger partial charge in [0.05, 0.1) is 38.3 Å². The van der Waals surface area contributed by atoms with Gasteiger partial charge in [-0.1, -0.05) is 12.1 Å². The fraction of sp³-hybridized carbons (Fsp3) is 0.188. The molecular formula is C16H16N2O4. The Morgan fingerprint density at radius 2 is 1.59 bits per heavy atom. The molecule has 0 fully saturated rings. The minimum Gasteiger partial charge on any atom is -0.493 e. The number of para-hydroxylation sites is 1. The van der Waals surface area contributed by atoms with E-state index in [1.54, 1.807) is 12.1 Å². The van der Waals surface area contributed by atoms with E-state index in [1.165, 1.54) is 21.3 Å². The molecule has 0 spiro atoms. The molecule has 114 valence electrons. The number of ether oxygens (including phenoxy) is 3. The molecule has 6 heteroatoms. The summed E-state index contributed by atoms with van der Waals surface area (Å²) in [5.41, 5.74) is 2.44. The summed E-state index contributed by atoms with van der Waals surface area (Å²) in [7, 11) is 4.61. The quantitative estimate of drug-likeness (QED) is 0.912. The highest BCUT2D eigenvalue weighted by atomic mass is 16.5. The van der Waals surface area contributed by atoms with E-state index in [0.717, 1.165) is 0 Å². The second kappa shape index (κ2) is 5.48. The smallest absolute Gasteiger partial charge is 0.257 e. The SMILES string of the molecule is COc1cc2c(c(OC)c1OC)Nc1ccccc1C(=O)N2. The van der Waals surface area contributed by atoms with Crippen LogP contribution in [0.2, 0.25) is 0 Å². The predicted molar refractivity (Wildman–Crippen MR) is 83.8 cm³/mol. The molecule has 1 aliphatic rings. The van der Waals surface area contributed by atoms with Crippen LogP contribution in [0, 0.1) is 0 Å². The van der Waals surface area contributed by atoms with Gasteiger partial charge in [-0.15, -0.1) is 0 Å². The van der Waals surface area contributed by atoms with Gasteiger partial charge < -0.3 is 24.8 Å². The van der Waals surface area contributed by atoms with Gasteiger partial charge in [0, 0.05) is 6.07 Å². The summed E-state index contributed by atoms with van der Waals surface area (Å²) in [6.07, 6.45) is 0. The van der Waals surface area contributed by atoms with Gasteiger partial charge in [-0.25, -0.2) is 0 Å². The third-order valence-electron chi connectivity index (χ3n) is 3.51. The largest absolute Gasteiger partial charge is 0.493 e. The summed E-state index contributed by atoms with van der Waals surface area (Å²) < 4.78 is 16.2. The number of methoxy groups -OCH3 is 3. The molecule has 6 nitrogen and oxygen atoms in total. The van der Waals surface area contributed by atoms with Crippen molar-refractivity contribution in [2.24, 2.45) is 0 Å². The standard InChI is InChI=1S/C16H16N2O4/c1-20-12-8-11-13(15(22-3)14(12)21-2)17-10-7-5-4-6-9(10)16(19)18-11/h4-8,17H,1-3H3,(H,18,19). The Balaban J connectivity index is 2.25. The van der Waals surface area contributed by atoms with E-state index in [4.69, 9.17) is 14.2 Å². The first-order valence-electron chi connectivity index (χ1n) is 6.70. The van der Waals surface area contributed by atoms with Crippen LogP contribution < -0.4 is 24.8 Å². The molecular weight excluding hydrogens is 284 g/mol. The van der Waals surface area contributed by atoms with E-state index >= 15 is 0 Å². The topological polar surface area (TPSA) is 68.8 Å². The fourth-order valence-electron chi connectivity index (χ4n) is 2.49. The molecule has 0 radical (unpaired) electrons. The van der Waals surface area contributed by atoms with Crippen LogP contribution in [0.4, 0.5) is 17.1 Å². The number of carbonyl (C=O) groups is 1. The number of fused-ring (bicyclic) bond motifs is 2. The molecule has 1 amide bonds. The summed E-state index contributed by atoms with van der Waals surface area (Å²) in [5.74, 6) is 1.21. The minimum absolute atomic E-state index is 0.198. The number of rotatable bonds is 3. The molecule has 2 aromatic rings. The van der Waals surface area contributed by atoms with Crippen LogP contribution in [0.3, 0.4) is 0 Å². The summed E-state index contributed by atoms with van der Waals surface area (Å²) in [4.78, 5) is 12.4. The second-order valence-corrected chi connectivity index (χ2v) is 4.69. The Labute approximate surface area is 128 Å². The molecule has 0 saturated carbocycles. The zero-order valence-corrected chi connectivity index (χ0v) is 12.5. The molecule has 0 bridgehead atoms. The molecule has 2 N–H and O–H groups in total. The molecule has 0 aromatic heterocycles. The molecule has 3 rings (SSSR count). The van der Waals surface area contributed by atoms with Crippen molar-refractivity contribution in [3.05, 3.63) is 35.9 Å². The maximum atomic E-state index is 12.4. The van der Waals surface area contributed by atoms with Gasteiger partial charge in [0.25, 0.3) is 5.91 Å². The lowest BCUT2D eigenvalue weighted by molar-refractivity contribution is 0.102. The third kappa shape index (κ3) is 2.09. The maximum absolute atomic E-state index is 12.4. The molecule has 22 heavy (non-hydrogen) atoms. The number of hydrogen-bond acceptors (Lipinski definition) is 5. The number of hydrogen-bond donors (Lipinski definition) is 2. The van der Waals surface area contributed by atoms with Crippen molar-refractivity contribution < 1.29 is 19.0 Å². The summed E-state index contributed by atoms with van der Waals surface area (Å²) in [5, 5.41) is 6.10. The van der Waals surface area contributed by atoms with Crippen molar-refractivity contribution in [1.82, 2.24) is 0 Å². The number of nitrogens with one attached hydrogen (secondary N) is 2. The van der Waals surface area contributed by atoms with Crippen molar-refractivity contribution in [1.29, 1.82) is 0 Å². The molecule has 0 aliphatic carbocycles. The monoisotopic (exact) mass is 300 g/mol. The molecule has 0 atom stereocenters. The van der Waals surface area contributed by atoms with Gasteiger partial charge in [0.1, 0.15) is 5.69 Å². The zero-order chi connectivity index (χ0) is 15.7. The van der Waals surface area contributed by atoms with Gasteiger partial charge in [0.2, 0.25) is 5.75 Å². The summed E-state index contributed by atoms with van der Waals surface area (Å²) >= 11 is 0. The van der Waals surface area contributed by atoms with Crippen LogP contribution in [-0.2, 0) is 0 Å². The molecule has 0 unspecified atom stereocenters. The van der Waals surface area contributed by atoms with E-state index in [2.05, 4.69) is 10.6 Å². The zero-order valence-electron chi connectivity index (χ0n) is 12.5. The minimum atomic E-state index is -0.198. The van der Waals surface area contributed by atoms with Crippen molar-refractivity contribution in [3.8, 4) is 17.2 Å². The van der Waals surface area contributed by atoms with Gasteiger partial charge in [0.15, 0.2) is 11.5 Å². The second-order valence-electron chi connectivity index (χ2n) is 4.69. The lowest BCUT2D eigenvalue weighted by Gasteiger charge is -2.18. The Bertz CT molecular complexity index is 743. The van der Waals surface area contributed by atoms with E-state index in [9.17, 15) is 4.79 Å². The lowest BCUT2D eigenvalue weighted by atomic mass is 10.1. The Morgan fingerprint density at radius 3 is 2.27 bits per heavy atom. The summed E-state index contributed by atoms with van der Waals surface area (Å²) in [6, 6.07) is 8.96. The normalized spacial score (nSPS) is 12.2. The van der Waals surface area contributed by atoms with Gasteiger partial charge in [-0.05, 0) is 12.1 Å². The molecule has 0 saturated heterocycles. The van der Waals surface area contributed by atoms with Gasteiger partial charge in [-0.2, -0.15) is 0 Å². The van der Waals surface area contributed by atoms with Crippen LogP contribution in [0.1, 0.15) is 10.4 Å². The maximum Gasteiger partial charge on any atom is 0.257 e. The van der Waals surface area contributed by atoms with Crippen molar-refractivity contribution in [3.63, 3.8) is 0 Å². The highest BCUT2D eigenvalue weighted by Gasteiger charge is 2.26. The Hall–Kier alpha value is -2.89. The Morgan fingerprint density at radius 1 is 0.864 bits per heavy atom. The fourth-order valence-corrected chi connectivity index (χ4v) is 2.49. The lowest BCUT2D eigenvalue weighted by Crippen LogP contribution is -2.10. The average molecular weight is 300 g/mol. The first-order chi connectivity index (χ1) is 10.7. The van der Waals surface area contributed by atoms with Crippen molar-refractivity contribution in [2.75, 3.05) is 32.0 Å². The van der Waals surface area contributed by atoms with Crippen molar-refractivity contribution >= 4 is 23.0 Å². The number of amides is 1. The highest BCUT2D eigenvalue weighted by molar-refractivity contribution is 6.13. The van der Waals surface area contributed by atoms with Crippen LogP contribution in [0.15, 0.2) is 30.3 Å². The van der Waals surface area contributed by atoms with Crippen LogP contribution in [0.25, 0.3) is 0 Å². The third-order valence-corrected chi connectivity index (χ3v) is 3.51. The van der Waals surface area contributed by atoms with Crippen LogP contribution in [-0.4, -0.2) is 27.2 Å². The molecule has 1 aliphatic heterocycles. The van der Waals surface area contributed by atoms with E-state index in [-0.39, 0.29) is 5.91 Å². The summed E-state index contributed by atoms with van der Waals surface area (Å²) in [6.45, 7) is 0. The van der Waals surface area contributed by atoms with Crippen LogP contribution in [0.5, 0.6) is 17.2 Å². The molecule has 1 heterocycles. The van der Waals surface area contributed by atoms with Crippen LogP contribution >= 0.6 is 0 Å². The average Bonchev–Trinajstić information content (AvgIpc) is 2.69. The molecule has 2 aromatic carbocycles.